The lowest BCUT2D eigenvalue weighted by Gasteiger charge is -2.13. The molecule has 0 saturated heterocycles. The van der Waals surface area contributed by atoms with Crippen molar-refractivity contribution in [2.24, 2.45) is 0 Å². The minimum absolute atomic E-state index is 1.18. The Hall–Kier alpha value is -7.42. The van der Waals surface area contributed by atoms with E-state index >= 15 is 0 Å². The van der Waals surface area contributed by atoms with Crippen LogP contribution in [0.1, 0.15) is 0 Å². The van der Waals surface area contributed by atoms with E-state index in [4.69, 9.17) is 0 Å². The molecule has 13 rings (SSSR count). The highest BCUT2D eigenvalue weighted by atomic mass is 15.0. The van der Waals surface area contributed by atoms with Gasteiger partial charge < -0.3 is 9.13 Å². The molecule has 2 nitrogen and oxygen atoms in total. The van der Waals surface area contributed by atoms with Crippen LogP contribution in [0.5, 0.6) is 0 Å². The molecule has 0 amide bonds. The van der Waals surface area contributed by atoms with Gasteiger partial charge in [0.25, 0.3) is 0 Å². The molecule has 1 aliphatic carbocycles. The van der Waals surface area contributed by atoms with Crippen LogP contribution in [0.15, 0.2) is 194 Å². The van der Waals surface area contributed by atoms with Crippen LogP contribution in [0.3, 0.4) is 0 Å². The maximum Gasteiger partial charge on any atom is 0.0619 e. The quantitative estimate of drug-likeness (QED) is 0.173. The van der Waals surface area contributed by atoms with Crippen LogP contribution in [0.25, 0.3) is 121 Å². The molecular formula is C54H32N2. The average Bonchev–Trinajstić information content (AvgIpc) is 3.89. The number of fused-ring (bicyclic) bond motifs is 12. The molecule has 1 aliphatic rings. The van der Waals surface area contributed by atoms with Crippen molar-refractivity contribution in [2.45, 2.75) is 0 Å². The van der Waals surface area contributed by atoms with E-state index in [0.717, 1.165) is 0 Å². The van der Waals surface area contributed by atoms with Crippen molar-refractivity contribution in [2.75, 3.05) is 0 Å². The Labute approximate surface area is 322 Å². The van der Waals surface area contributed by atoms with Gasteiger partial charge in [0, 0.05) is 38.0 Å². The van der Waals surface area contributed by atoms with Crippen molar-refractivity contribution >= 4 is 75.9 Å². The third-order valence-corrected chi connectivity index (χ3v) is 12.4. The predicted octanol–water partition coefficient (Wildman–Crippen LogP) is 14.7. The Kier molecular flexibility index (Phi) is 5.92. The van der Waals surface area contributed by atoms with Gasteiger partial charge in [-0.25, -0.2) is 0 Å². The molecule has 258 valence electrons. The summed E-state index contributed by atoms with van der Waals surface area (Å²) in [5.74, 6) is 0. The summed E-state index contributed by atoms with van der Waals surface area (Å²) in [5.41, 5.74) is 15.0. The molecule has 12 aromatic rings. The fraction of sp³-hybridized carbons (Fsp3) is 0. The first-order valence-corrected chi connectivity index (χ1v) is 19.4. The van der Waals surface area contributed by atoms with Gasteiger partial charge in [0.1, 0.15) is 0 Å². The van der Waals surface area contributed by atoms with Gasteiger partial charge in [-0.3, -0.25) is 0 Å². The summed E-state index contributed by atoms with van der Waals surface area (Å²) in [6.07, 6.45) is 0. The fourth-order valence-corrected chi connectivity index (χ4v) is 9.96. The van der Waals surface area contributed by atoms with E-state index in [2.05, 4.69) is 203 Å². The number of aromatic nitrogens is 2. The van der Waals surface area contributed by atoms with E-state index in [1.807, 2.05) is 0 Å². The second-order valence-corrected chi connectivity index (χ2v) is 15.3. The van der Waals surface area contributed by atoms with E-state index < -0.39 is 0 Å². The minimum Gasteiger partial charge on any atom is -0.309 e. The van der Waals surface area contributed by atoms with Crippen LogP contribution in [-0.4, -0.2) is 9.13 Å². The highest BCUT2D eigenvalue weighted by molar-refractivity contribution is 6.20. The highest BCUT2D eigenvalue weighted by Crippen LogP contribution is 2.48. The Bertz CT molecular complexity index is 3640. The highest BCUT2D eigenvalue weighted by Gasteiger charge is 2.23. The van der Waals surface area contributed by atoms with Gasteiger partial charge >= 0.3 is 0 Å². The molecule has 0 radical (unpaired) electrons. The number of nitrogens with zero attached hydrogens (tertiary/aromatic N) is 2. The molecule has 56 heavy (non-hydrogen) atoms. The van der Waals surface area contributed by atoms with Gasteiger partial charge in [-0.15, -0.1) is 0 Å². The standard InChI is InChI=1S/C54H32N2/c1-3-15-39-33(10-1)12-9-21-49(39)56-52-29-24-37(31-48(52)45-26-22-34-11-2-4-16-40(34)54(45)56)36-23-28-51-47(30-36)42-17-5-6-20-50(42)55(51)38-25-27-41-43-18-7-13-35-14-8-19-44(53(35)43)46(41)32-38/h1-32H. The third kappa shape index (κ3) is 4.00. The zero-order valence-corrected chi connectivity index (χ0v) is 30.4. The van der Waals surface area contributed by atoms with Crippen LogP contribution < -0.4 is 0 Å². The summed E-state index contributed by atoms with van der Waals surface area (Å²) in [5, 5.41) is 12.7. The van der Waals surface area contributed by atoms with Gasteiger partial charge in [-0.1, -0.05) is 146 Å². The average molecular weight is 709 g/mol. The van der Waals surface area contributed by atoms with E-state index in [0.29, 0.717) is 0 Å². The molecule has 0 bridgehead atoms. The molecular weight excluding hydrogens is 677 g/mol. The number of hydrogen-bond acceptors (Lipinski definition) is 0. The van der Waals surface area contributed by atoms with Crippen LogP contribution >= 0.6 is 0 Å². The summed E-state index contributed by atoms with van der Waals surface area (Å²) in [7, 11) is 0. The number of benzene rings is 10. The lowest BCUT2D eigenvalue weighted by atomic mass is 10.00. The maximum absolute atomic E-state index is 2.49. The van der Waals surface area contributed by atoms with Gasteiger partial charge in [-0.05, 0) is 103 Å². The fourth-order valence-electron chi connectivity index (χ4n) is 9.96. The zero-order chi connectivity index (χ0) is 36.5. The first kappa shape index (κ1) is 30.0. The summed E-state index contributed by atoms with van der Waals surface area (Å²) >= 11 is 0. The number of para-hydroxylation sites is 1. The van der Waals surface area contributed by atoms with Gasteiger partial charge in [0.15, 0.2) is 0 Å². The predicted molar refractivity (Wildman–Crippen MR) is 238 cm³/mol. The Morgan fingerprint density at radius 2 is 0.875 bits per heavy atom. The summed E-state index contributed by atoms with van der Waals surface area (Å²) < 4.78 is 4.94. The minimum atomic E-state index is 1.18. The maximum atomic E-state index is 2.49. The largest absolute Gasteiger partial charge is 0.309 e. The molecule has 0 saturated carbocycles. The molecule has 10 aromatic carbocycles. The molecule has 0 fully saturated rings. The van der Waals surface area contributed by atoms with Crippen LogP contribution in [0.2, 0.25) is 0 Å². The van der Waals surface area contributed by atoms with Crippen LogP contribution in [0.4, 0.5) is 0 Å². The van der Waals surface area contributed by atoms with E-state index in [1.165, 1.54) is 121 Å². The van der Waals surface area contributed by atoms with Crippen molar-refractivity contribution in [1.29, 1.82) is 0 Å². The lowest BCUT2D eigenvalue weighted by Crippen LogP contribution is -1.96. The second kappa shape index (κ2) is 11.1. The first-order chi connectivity index (χ1) is 27.8. The Balaban J connectivity index is 1.02. The normalized spacial score (nSPS) is 12.3. The third-order valence-electron chi connectivity index (χ3n) is 12.4. The SMILES string of the molecule is c1ccc2c(-n3c4ccc(-c5ccc6c(c5)c5ccccc5n6-c5ccc6c(c5)-c5cccc7cccc-6c57)cc4c4ccc5ccccc5c43)cccc2c1. The lowest BCUT2D eigenvalue weighted by molar-refractivity contribution is 1.18. The van der Waals surface area contributed by atoms with E-state index in [1.54, 1.807) is 0 Å². The summed E-state index contributed by atoms with van der Waals surface area (Å²) in [6, 6.07) is 72.1. The van der Waals surface area contributed by atoms with Gasteiger partial charge in [-0.2, -0.15) is 0 Å². The van der Waals surface area contributed by atoms with Gasteiger partial charge in [0.05, 0.1) is 27.8 Å². The molecule has 0 atom stereocenters. The smallest absolute Gasteiger partial charge is 0.0619 e. The molecule has 2 heteroatoms. The van der Waals surface area contributed by atoms with Crippen LogP contribution in [0, 0.1) is 0 Å². The van der Waals surface area contributed by atoms with Crippen molar-refractivity contribution in [3.8, 4) is 44.8 Å². The van der Waals surface area contributed by atoms with Crippen molar-refractivity contribution in [1.82, 2.24) is 9.13 Å². The molecule has 0 unspecified atom stereocenters. The Morgan fingerprint density at radius 1 is 0.286 bits per heavy atom. The zero-order valence-electron chi connectivity index (χ0n) is 30.4. The number of rotatable bonds is 3. The summed E-state index contributed by atoms with van der Waals surface area (Å²) in [4.78, 5) is 0. The van der Waals surface area contributed by atoms with Crippen LogP contribution in [-0.2, 0) is 0 Å². The Morgan fingerprint density at radius 3 is 1.68 bits per heavy atom. The van der Waals surface area contributed by atoms with E-state index in [-0.39, 0.29) is 0 Å². The molecule has 0 spiro atoms. The monoisotopic (exact) mass is 708 g/mol. The molecule has 0 aliphatic heterocycles. The molecule has 2 heterocycles. The van der Waals surface area contributed by atoms with Crippen molar-refractivity contribution < 1.29 is 0 Å². The topological polar surface area (TPSA) is 9.86 Å². The summed E-state index contributed by atoms with van der Waals surface area (Å²) in [6.45, 7) is 0. The first-order valence-electron chi connectivity index (χ1n) is 19.4. The second-order valence-electron chi connectivity index (χ2n) is 15.3. The number of hydrogen-bond donors (Lipinski definition) is 0. The van der Waals surface area contributed by atoms with E-state index in [9.17, 15) is 0 Å². The molecule has 0 N–H and O–H groups in total. The van der Waals surface area contributed by atoms with Crippen molar-refractivity contribution in [3.63, 3.8) is 0 Å². The van der Waals surface area contributed by atoms with Crippen molar-refractivity contribution in [3.05, 3.63) is 194 Å². The van der Waals surface area contributed by atoms with Gasteiger partial charge in [0.2, 0.25) is 0 Å². The molecule has 2 aromatic heterocycles.